The van der Waals surface area contributed by atoms with E-state index in [2.05, 4.69) is 0 Å². The minimum absolute atomic E-state index is 0. The third-order valence-corrected chi connectivity index (χ3v) is 0. The summed E-state index contributed by atoms with van der Waals surface area (Å²) >= 11 is 0. The molecule has 20 valence electrons. The van der Waals surface area contributed by atoms with E-state index in [9.17, 15) is 0 Å². The molecule has 0 saturated heterocycles. The van der Waals surface area contributed by atoms with Crippen LogP contribution in [0.15, 0.2) is 0 Å². The van der Waals surface area contributed by atoms with Crippen molar-refractivity contribution in [2.45, 2.75) is 0 Å². The fourth-order valence-electron chi connectivity index (χ4n) is 0. The topological polar surface area (TPSA) is 23.8 Å². The number of hydrogen-bond donors (Lipinski definition) is 0. The van der Waals surface area contributed by atoms with Crippen molar-refractivity contribution in [2.24, 2.45) is 0 Å². The number of rotatable bonds is 0. The van der Waals surface area contributed by atoms with E-state index < -0.39 is 0 Å². The first-order valence-corrected chi connectivity index (χ1v) is 0.775. The molecule has 0 bridgehead atoms. The summed E-state index contributed by atoms with van der Waals surface area (Å²) < 4.78 is 0. The average molecular weight is 275 g/mol. The molecule has 0 heterocycles. The van der Waals surface area contributed by atoms with Crippen LogP contribution in [0, 0.1) is 4.89 Å². The van der Waals surface area contributed by atoms with Crippen molar-refractivity contribution >= 4 is 9.88 Å². The average Bonchev–Trinajstić information content (AvgIpc) is 1.00. The maximum absolute atomic E-state index is 6.92. The van der Waals surface area contributed by atoms with Gasteiger partial charge < -0.3 is 0 Å². The van der Waals surface area contributed by atoms with Gasteiger partial charge in [0, 0.05) is 42.8 Å². The molecule has 0 spiro atoms. The molecular formula is HNSiTiW. The van der Waals surface area contributed by atoms with Gasteiger partial charge in [-0.05, 0) is 0 Å². The van der Waals surface area contributed by atoms with Crippen molar-refractivity contribution in [1.29, 1.82) is 4.89 Å². The molecule has 1 nitrogen and oxygen atoms in total. The molecule has 0 fully saturated rings. The summed E-state index contributed by atoms with van der Waals surface area (Å²) in [5.74, 6) is 0. The van der Waals surface area contributed by atoms with Crippen LogP contribution in [0.2, 0.25) is 0 Å². The first-order valence-electron chi connectivity index (χ1n) is 0.258. The van der Waals surface area contributed by atoms with Crippen LogP contribution in [-0.2, 0) is 42.8 Å². The van der Waals surface area contributed by atoms with E-state index in [1.165, 1.54) is 9.88 Å². The summed E-state index contributed by atoms with van der Waals surface area (Å²) in [5, 5.41) is 0. The molecule has 0 aliphatic heterocycles. The van der Waals surface area contributed by atoms with Crippen molar-refractivity contribution in [3.8, 4) is 0 Å². The molecular weight excluding hydrogens is 274 g/mol. The first kappa shape index (κ1) is 18.4. The van der Waals surface area contributed by atoms with Gasteiger partial charge in [-0.3, -0.25) is 4.89 Å². The summed E-state index contributed by atoms with van der Waals surface area (Å²) in [5.41, 5.74) is 0. The third-order valence-electron chi connectivity index (χ3n) is 0. The predicted molar refractivity (Wildman–Crippen MR) is 8.87 cm³/mol. The van der Waals surface area contributed by atoms with Crippen molar-refractivity contribution in [3.63, 3.8) is 0 Å². The minimum Gasteiger partial charge on any atom is -0.289 e. The van der Waals surface area contributed by atoms with Gasteiger partial charge in [-0.25, -0.2) is 0 Å². The Balaban J connectivity index is -0.00000000500. The van der Waals surface area contributed by atoms with Crippen LogP contribution in [0.1, 0.15) is 0 Å². The second kappa shape index (κ2) is 27.2. The van der Waals surface area contributed by atoms with Crippen molar-refractivity contribution < 1.29 is 42.8 Å². The summed E-state index contributed by atoms with van der Waals surface area (Å²) in [6, 6.07) is 0. The van der Waals surface area contributed by atoms with Gasteiger partial charge in [0.2, 0.25) is 0 Å². The fourth-order valence-corrected chi connectivity index (χ4v) is 0. The Kier molecular flexibility index (Phi) is 125. The van der Waals surface area contributed by atoms with Crippen LogP contribution >= 0.6 is 0 Å². The van der Waals surface area contributed by atoms with Gasteiger partial charge >= 0.3 is 0 Å². The second-order valence-corrected chi connectivity index (χ2v) is 0. The van der Waals surface area contributed by atoms with Crippen LogP contribution in [0.25, 0.3) is 0 Å². The zero-order valence-electron chi connectivity index (χ0n) is 1.93. The standard InChI is InChI=1S/HNSi.Ti.W/c1-2;;/h2H;;. The largest absolute Gasteiger partial charge is 0.289 e. The van der Waals surface area contributed by atoms with Crippen molar-refractivity contribution in [2.75, 3.05) is 0 Å². The Morgan fingerprint density at radius 2 is 1.25 bits per heavy atom. The molecule has 0 unspecified atom stereocenters. The Morgan fingerprint density at radius 1 is 1.25 bits per heavy atom. The second-order valence-electron chi connectivity index (χ2n) is 0. The van der Waals surface area contributed by atoms with Gasteiger partial charge in [0.25, 0.3) is 0 Å². The van der Waals surface area contributed by atoms with Crippen LogP contribution in [0.5, 0.6) is 0 Å². The number of hydrogen-bond acceptors (Lipinski definition) is 1. The smallest absolute Gasteiger partial charge is 0.176 e. The molecule has 0 aromatic heterocycles. The molecule has 0 aromatic rings. The van der Waals surface area contributed by atoms with Crippen LogP contribution in [0.3, 0.4) is 0 Å². The minimum atomic E-state index is 0. The maximum Gasteiger partial charge on any atom is 0.176 e. The molecule has 4 heavy (non-hydrogen) atoms. The molecule has 0 radical (unpaired) electrons. The van der Waals surface area contributed by atoms with E-state index in [4.69, 9.17) is 4.89 Å². The van der Waals surface area contributed by atoms with E-state index in [0.29, 0.717) is 0 Å². The van der Waals surface area contributed by atoms with Gasteiger partial charge in [0.15, 0.2) is 9.88 Å². The SMILES string of the molecule is N#[SiH].[Ti].[W]. The van der Waals surface area contributed by atoms with Crippen LogP contribution < -0.4 is 0 Å². The predicted octanol–water partition coefficient (Wildman–Crippen LogP) is -0.638. The molecule has 0 aliphatic carbocycles. The molecule has 0 N–H and O–H groups in total. The summed E-state index contributed by atoms with van der Waals surface area (Å²) in [6.07, 6.45) is 0. The molecule has 0 aliphatic rings. The van der Waals surface area contributed by atoms with Gasteiger partial charge in [-0.1, -0.05) is 0 Å². The molecule has 0 aromatic carbocycles. The van der Waals surface area contributed by atoms with Crippen LogP contribution in [-0.4, -0.2) is 9.88 Å². The Morgan fingerprint density at radius 3 is 1.25 bits per heavy atom. The van der Waals surface area contributed by atoms with Gasteiger partial charge in [-0.2, -0.15) is 0 Å². The zero-order chi connectivity index (χ0) is 2.00. The van der Waals surface area contributed by atoms with Crippen molar-refractivity contribution in [3.05, 3.63) is 0 Å². The Bertz CT molecular complexity index is 12.8. The third kappa shape index (κ3) is 10.2. The Labute approximate surface area is 57.3 Å². The van der Waals surface area contributed by atoms with E-state index in [1.54, 1.807) is 0 Å². The summed E-state index contributed by atoms with van der Waals surface area (Å²) in [4.78, 5) is 6.92. The van der Waals surface area contributed by atoms with Crippen LogP contribution in [0.4, 0.5) is 0 Å². The van der Waals surface area contributed by atoms with E-state index in [1.807, 2.05) is 0 Å². The monoisotopic (exact) mass is 275 g/mol. The molecule has 0 amide bonds. The van der Waals surface area contributed by atoms with Crippen molar-refractivity contribution in [1.82, 2.24) is 0 Å². The van der Waals surface area contributed by atoms with Gasteiger partial charge in [-0.15, -0.1) is 0 Å². The summed E-state index contributed by atoms with van der Waals surface area (Å²) in [7, 11) is 1.42. The van der Waals surface area contributed by atoms with Gasteiger partial charge in [0.05, 0.1) is 0 Å². The summed E-state index contributed by atoms with van der Waals surface area (Å²) in [6.45, 7) is 0. The van der Waals surface area contributed by atoms with E-state index in [-0.39, 0.29) is 42.8 Å². The normalized spacial score (nSPS) is 0.500. The number of nitrogens with zero attached hydrogens (tertiary/aromatic N) is 1. The molecule has 0 rings (SSSR count). The first-order chi connectivity index (χ1) is 1.00. The molecule has 0 atom stereocenters. The fraction of sp³-hybridized carbons (Fsp3) is 0. The van der Waals surface area contributed by atoms with Gasteiger partial charge in [0.1, 0.15) is 0 Å². The quantitative estimate of drug-likeness (QED) is 0.539. The van der Waals surface area contributed by atoms with E-state index in [0.717, 1.165) is 0 Å². The Hall–Kier alpha value is 1.33. The zero-order valence-corrected chi connectivity index (χ0v) is 7.58. The van der Waals surface area contributed by atoms with E-state index >= 15 is 0 Å². The maximum atomic E-state index is 6.92. The molecule has 0 saturated carbocycles. The molecule has 4 heteroatoms.